The maximum Gasteiger partial charge on any atom is 0.254 e. The van der Waals surface area contributed by atoms with Gasteiger partial charge in [0.25, 0.3) is 5.91 Å². The number of fused-ring (bicyclic) bond motifs is 3. The molecule has 2 fully saturated rings. The summed E-state index contributed by atoms with van der Waals surface area (Å²) in [5.41, 5.74) is 1.04. The van der Waals surface area contributed by atoms with Gasteiger partial charge in [0.1, 0.15) is 14.8 Å². The second kappa shape index (κ2) is 7.89. The van der Waals surface area contributed by atoms with E-state index < -0.39 is 10.3 Å². The van der Waals surface area contributed by atoms with Gasteiger partial charge in [0.2, 0.25) is 5.91 Å². The number of aromatic nitrogens is 1. The predicted octanol–water partition coefficient (Wildman–Crippen LogP) is 4.03. The molecule has 2 aromatic heterocycles. The van der Waals surface area contributed by atoms with Crippen LogP contribution < -0.4 is 4.90 Å². The molecule has 0 radical (unpaired) electrons. The average Bonchev–Trinajstić information content (AvgIpc) is 3.57. The van der Waals surface area contributed by atoms with E-state index in [1.165, 1.54) is 11.8 Å². The van der Waals surface area contributed by atoms with Gasteiger partial charge in [-0.25, -0.2) is 0 Å². The number of nitrogens with zero attached hydrogens (tertiary/aromatic N) is 4. The minimum Gasteiger partial charge on any atom is -0.467 e. The van der Waals surface area contributed by atoms with E-state index in [0.29, 0.717) is 21.6 Å². The number of thiocarbonyl (C=S) groups is 1. The Morgan fingerprint density at radius 2 is 2.03 bits per heavy atom. The molecule has 10 heteroatoms. The summed E-state index contributed by atoms with van der Waals surface area (Å²) in [6.07, 6.45) is 5.04. The zero-order chi connectivity index (χ0) is 24.5. The normalized spacial score (nSPS) is 28.2. The van der Waals surface area contributed by atoms with Crippen LogP contribution in [0.5, 0.6) is 0 Å². The summed E-state index contributed by atoms with van der Waals surface area (Å²) in [5.74, 6) is -0.112. The standard InChI is InChI=1S/C25H21ClN4O3S2/c1-28-14-19(15-5-3-9-27-12-15)25(22(32)30(23(34)35-25)13-17-6-4-10-33-17)24(28)18-11-16(26)7-8-20(18)29(2)21(24)31/h3-12,19H,13-14H2,1-2H3/t19-,24-,25+/m0/s1. The molecule has 2 saturated heterocycles. The Labute approximate surface area is 217 Å². The van der Waals surface area contributed by atoms with Gasteiger partial charge in [-0.2, -0.15) is 0 Å². The number of hydrogen-bond acceptors (Lipinski definition) is 7. The molecule has 6 rings (SSSR count). The van der Waals surface area contributed by atoms with Crippen molar-refractivity contribution >= 4 is 57.4 Å². The fourth-order valence-corrected chi connectivity index (χ4v) is 8.24. The van der Waals surface area contributed by atoms with Crippen LogP contribution in [-0.2, 0) is 21.7 Å². The Morgan fingerprint density at radius 1 is 1.20 bits per heavy atom. The SMILES string of the molecule is CN1C(=O)[C@]2(c3cc(Cl)ccc31)N(C)C[C@@H](c1cccnc1)[C@]21SC(=S)N(Cc2ccco2)C1=O. The number of anilines is 1. The third-order valence-electron chi connectivity index (χ3n) is 7.39. The molecule has 5 heterocycles. The van der Waals surface area contributed by atoms with Gasteiger partial charge < -0.3 is 9.32 Å². The third kappa shape index (κ3) is 2.83. The van der Waals surface area contributed by atoms with Crippen molar-refractivity contribution in [2.45, 2.75) is 22.7 Å². The van der Waals surface area contributed by atoms with E-state index in [4.69, 9.17) is 28.2 Å². The molecule has 3 aliphatic heterocycles. The highest BCUT2D eigenvalue weighted by molar-refractivity contribution is 8.25. The van der Waals surface area contributed by atoms with Crippen molar-refractivity contribution in [3.8, 4) is 0 Å². The quantitative estimate of drug-likeness (QED) is 0.479. The number of pyridine rings is 1. The summed E-state index contributed by atoms with van der Waals surface area (Å²) in [7, 11) is 3.64. The molecule has 0 aliphatic carbocycles. The molecule has 1 aromatic carbocycles. The van der Waals surface area contributed by atoms with Crippen LogP contribution in [0.15, 0.2) is 65.5 Å². The van der Waals surface area contributed by atoms with Crippen LogP contribution in [0.1, 0.15) is 22.8 Å². The van der Waals surface area contributed by atoms with Crippen molar-refractivity contribution in [3.63, 3.8) is 0 Å². The van der Waals surface area contributed by atoms with Crippen LogP contribution in [0.2, 0.25) is 5.02 Å². The lowest BCUT2D eigenvalue weighted by Gasteiger charge is -2.42. The number of rotatable bonds is 3. The van der Waals surface area contributed by atoms with Crippen LogP contribution in [0.25, 0.3) is 0 Å². The zero-order valence-corrected chi connectivity index (χ0v) is 21.4. The smallest absolute Gasteiger partial charge is 0.254 e. The van der Waals surface area contributed by atoms with Crippen molar-refractivity contribution in [1.82, 2.24) is 14.8 Å². The Balaban J connectivity index is 1.62. The zero-order valence-electron chi connectivity index (χ0n) is 19.0. The molecule has 3 aromatic rings. The van der Waals surface area contributed by atoms with Gasteiger partial charge in [0.05, 0.1) is 12.8 Å². The number of halogens is 1. The van der Waals surface area contributed by atoms with Crippen LogP contribution in [0.4, 0.5) is 5.69 Å². The van der Waals surface area contributed by atoms with Gasteiger partial charge in [-0.05, 0) is 49.0 Å². The van der Waals surface area contributed by atoms with E-state index in [9.17, 15) is 9.59 Å². The minimum absolute atomic E-state index is 0.174. The molecule has 0 N–H and O–H groups in total. The van der Waals surface area contributed by atoms with Crippen LogP contribution in [0.3, 0.4) is 0 Å². The molecular weight excluding hydrogens is 504 g/mol. The largest absolute Gasteiger partial charge is 0.467 e. The first kappa shape index (κ1) is 22.7. The molecule has 0 bridgehead atoms. The monoisotopic (exact) mass is 524 g/mol. The summed E-state index contributed by atoms with van der Waals surface area (Å²) >= 11 is 13.6. The maximum absolute atomic E-state index is 14.6. The van der Waals surface area contributed by atoms with E-state index in [1.54, 1.807) is 47.6 Å². The Bertz CT molecular complexity index is 1370. The molecule has 0 saturated carbocycles. The molecule has 0 unspecified atom stereocenters. The van der Waals surface area contributed by atoms with Crippen LogP contribution >= 0.6 is 35.6 Å². The second-order valence-electron chi connectivity index (χ2n) is 9.03. The highest BCUT2D eigenvalue weighted by Crippen LogP contribution is 2.66. The first-order chi connectivity index (χ1) is 16.8. The minimum atomic E-state index is -1.30. The molecular formula is C25H21ClN4O3S2. The Hall–Kier alpha value is -2.72. The average molecular weight is 525 g/mol. The number of amides is 2. The molecule has 178 valence electrons. The summed E-state index contributed by atoms with van der Waals surface area (Å²) in [4.78, 5) is 38.4. The lowest BCUT2D eigenvalue weighted by Crippen LogP contribution is -2.62. The molecule has 7 nitrogen and oxygen atoms in total. The fraction of sp³-hybridized carbons (Fsp3) is 0.280. The number of furan rings is 1. The first-order valence-corrected chi connectivity index (χ1v) is 12.7. The second-order valence-corrected chi connectivity index (χ2v) is 11.3. The van der Waals surface area contributed by atoms with Gasteiger partial charge in [-0.3, -0.25) is 24.4 Å². The fourth-order valence-electron chi connectivity index (χ4n) is 5.95. The van der Waals surface area contributed by atoms with E-state index in [1.807, 2.05) is 42.3 Å². The Morgan fingerprint density at radius 3 is 2.74 bits per heavy atom. The number of thioether (sulfide) groups is 1. The number of likely N-dealkylation sites (N-methyl/N-ethyl adjacent to an activating group) is 2. The van der Waals surface area contributed by atoms with E-state index in [-0.39, 0.29) is 24.3 Å². The predicted molar refractivity (Wildman–Crippen MR) is 138 cm³/mol. The Kier molecular flexibility index (Phi) is 5.12. The lowest BCUT2D eigenvalue weighted by atomic mass is 9.72. The molecule has 2 spiro atoms. The highest BCUT2D eigenvalue weighted by atomic mass is 35.5. The van der Waals surface area contributed by atoms with Crippen molar-refractivity contribution < 1.29 is 14.0 Å². The van der Waals surface area contributed by atoms with E-state index in [0.717, 1.165) is 16.8 Å². The van der Waals surface area contributed by atoms with Crippen molar-refractivity contribution in [1.29, 1.82) is 0 Å². The van der Waals surface area contributed by atoms with E-state index >= 15 is 0 Å². The maximum atomic E-state index is 14.6. The van der Waals surface area contributed by atoms with Crippen LogP contribution in [-0.4, -0.2) is 56.3 Å². The van der Waals surface area contributed by atoms with Crippen molar-refractivity contribution in [3.05, 3.63) is 83.0 Å². The van der Waals surface area contributed by atoms with Gasteiger partial charge in [0.15, 0.2) is 5.54 Å². The lowest BCUT2D eigenvalue weighted by molar-refractivity contribution is -0.139. The highest BCUT2D eigenvalue weighted by Gasteiger charge is 2.78. The molecule has 35 heavy (non-hydrogen) atoms. The number of carbonyl (C=O) groups is 2. The van der Waals surface area contributed by atoms with Crippen LogP contribution in [0, 0.1) is 0 Å². The van der Waals surface area contributed by atoms with E-state index in [2.05, 4.69) is 4.98 Å². The van der Waals surface area contributed by atoms with Crippen molar-refractivity contribution in [2.75, 3.05) is 25.5 Å². The molecule has 3 aliphatic rings. The topological polar surface area (TPSA) is 69.9 Å². The molecule has 2 amide bonds. The number of hydrogen-bond donors (Lipinski definition) is 0. The summed E-state index contributed by atoms with van der Waals surface area (Å²) < 4.78 is 4.69. The molecule has 3 atom stereocenters. The first-order valence-electron chi connectivity index (χ1n) is 11.1. The van der Waals surface area contributed by atoms with Gasteiger partial charge in [-0.15, -0.1) is 0 Å². The van der Waals surface area contributed by atoms with Gasteiger partial charge >= 0.3 is 0 Å². The third-order valence-corrected chi connectivity index (χ3v) is 9.57. The summed E-state index contributed by atoms with van der Waals surface area (Å²) in [5, 5.41) is 0.505. The summed E-state index contributed by atoms with van der Waals surface area (Å²) in [6.45, 7) is 0.665. The van der Waals surface area contributed by atoms with Gasteiger partial charge in [-0.1, -0.05) is 41.6 Å². The summed E-state index contributed by atoms with van der Waals surface area (Å²) in [6, 6.07) is 12.8. The van der Waals surface area contributed by atoms with Crippen molar-refractivity contribution in [2.24, 2.45) is 0 Å². The number of carbonyl (C=O) groups excluding carboxylic acids is 2. The number of likely N-dealkylation sites (tertiary alicyclic amines) is 1. The number of benzene rings is 1. The van der Waals surface area contributed by atoms with Gasteiger partial charge in [0, 0.05) is 48.2 Å².